The maximum absolute atomic E-state index is 4.69. The topological polar surface area (TPSA) is 66.5 Å². The van der Waals surface area contributed by atoms with E-state index in [2.05, 4.69) is 27.2 Å². The Morgan fingerprint density at radius 2 is 2.17 bits per heavy atom. The van der Waals surface area contributed by atoms with Crippen molar-refractivity contribution in [3.63, 3.8) is 0 Å². The summed E-state index contributed by atoms with van der Waals surface area (Å²) >= 11 is 0. The molecule has 5 heteroatoms. The van der Waals surface area contributed by atoms with Gasteiger partial charge in [0.15, 0.2) is 5.65 Å². The van der Waals surface area contributed by atoms with Crippen molar-refractivity contribution >= 4 is 11.2 Å². The van der Waals surface area contributed by atoms with E-state index in [0.717, 1.165) is 42.9 Å². The monoisotopic (exact) mass is 245 g/mol. The van der Waals surface area contributed by atoms with Crippen LogP contribution < -0.4 is 5.32 Å². The predicted octanol–water partition coefficient (Wildman–Crippen LogP) is 1.77. The zero-order chi connectivity index (χ0) is 12.4. The molecule has 0 bridgehead atoms. The van der Waals surface area contributed by atoms with Crippen molar-refractivity contribution < 1.29 is 0 Å². The molecular formula is C13H19N5. The van der Waals surface area contributed by atoms with Gasteiger partial charge in [0.1, 0.15) is 17.7 Å². The van der Waals surface area contributed by atoms with Crippen molar-refractivity contribution in [2.45, 2.75) is 38.0 Å². The standard InChI is InChI=1S/C13H19N5/c1-2-3-13(4-6-14-7-5-13)12-17-10-8-15-9-16-11(10)18-12/h8-9,14H,2-7H2,1H3,(H,15,16,17,18). The Labute approximate surface area is 106 Å². The van der Waals surface area contributed by atoms with Gasteiger partial charge in [-0.25, -0.2) is 15.0 Å². The molecule has 0 aromatic carbocycles. The van der Waals surface area contributed by atoms with Crippen LogP contribution in [0, 0.1) is 0 Å². The summed E-state index contributed by atoms with van der Waals surface area (Å²) in [4.78, 5) is 16.4. The number of nitrogens with one attached hydrogen (secondary N) is 2. The molecule has 0 unspecified atom stereocenters. The van der Waals surface area contributed by atoms with E-state index in [-0.39, 0.29) is 5.41 Å². The fraction of sp³-hybridized carbons (Fsp3) is 0.615. The van der Waals surface area contributed by atoms with Gasteiger partial charge in [0, 0.05) is 5.41 Å². The molecule has 0 atom stereocenters. The van der Waals surface area contributed by atoms with Crippen LogP contribution in [-0.2, 0) is 5.41 Å². The molecule has 2 N–H and O–H groups in total. The Morgan fingerprint density at radius 3 is 2.89 bits per heavy atom. The first kappa shape index (κ1) is 11.6. The highest BCUT2D eigenvalue weighted by Crippen LogP contribution is 2.36. The zero-order valence-electron chi connectivity index (χ0n) is 10.7. The predicted molar refractivity (Wildman–Crippen MR) is 70.4 cm³/mol. The molecule has 96 valence electrons. The number of hydrogen-bond donors (Lipinski definition) is 2. The molecule has 0 amide bonds. The smallest absolute Gasteiger partial charge is 0.180 e. The summed E-state index contributed by atoms with van der Waals surface area (Å²) in [5.74, 6) is 1.10. The summed E-state index contributed by atoms with van der Waals surface area (Å²) in [5, 5.41) is 3.43. The molecule has 5 nitrogen and oxygen atoms in total. The fourth-order valence-electron chi connectivity index (χ4n) is 3.00. The highest BCUT2D eigenvalue weighted by Gasteiger charge is 2.35. The average Bonchev–Trinajstić information content (AvgIpc) is 2.84. The lowest BCUT2D eigenvalue weighted by Crippen LogP contribution is -2.40. The first-order chi connectivity index (χ1) is 8.84. The van der Waals surface area contributed by atoms with Gasteiger partial charge in [-0.05, 0) is 32.4 Å². The van der Waals surface area contributed by atoms with E-state index in [0.29, 0.717) is 0 Å². The van der Waals surface area contributed by atoms with Gasteiger partial charge in [-0.3, -0.25) is 0 Å². The van der Waals surface area contributed by atoms with E-state index in [1.165, 1.54) is 12.8 Å². The quantitative estimate of drug-likeness (QED) is 0.865. The molecule has 1 fully saturated rings. The van der Waals surface area contributed by atoms with E-state index in [1.54, 1.807) is 12.5 Å². The lowest BCUT2D eigenvalue weighted by Gasteiger charge is -2.35. The van der Waals surface area contributed by atoms with E-state index in [1.807, 2.05) is 0 Å². The SMILES string of the molecule is CCCC1(c2nc3ncncc3[nH]2)CCNCC1. The first-order valence-electron chi connectivity index (χ1n) is 6.71. The summed E-state index contributed by atoms with van der Waals surface area (Å²) in [6.07, 6.45) is 8.02. The van der Waals surface area contributed by atoms with Gasteiger partial charge < -0.3 is 10.3 Å². The van der Waals surface area contributed by atoms with E-state index in [9.17, 15) is 0 Å². The van der Waals surface area contributed by atoms with Gasteiger partial charge in [-0.15, -0.1) is 0 Å². The van der Waals surface area contributed by atoms with Gasteiger partial charge in [0.25, 0.3) is 0 Å². The second-order valence-electron chi connectivity index (χ2n) is 5.13. The minimum Gasteiger partial charge on any atom is -0.339 e. The highest BCUT2D eigenvalue weighted by atomic mass is 15.0. The maximum Gasteiger partial charge on any atom is 0.180 e. The number of fused-ring (bicyclic) bond motifs is 1. The number of aromatic amines is 1. The Morgan fingerprint density at radius 1 is 1.33 bits per heavy atom. The van der Waals surface area contributed by atoms with Crippen LogP contribution in [-0.4, -0.2) is 33.0 Å². The van der Waals surface area contributed by atoms with Crippen LogP contribution in [0.4, 0.5) is 0 Å². The second-order valence-corrected chi connectivity index (χ2v) is 5.13. The summed E-state index contributed by atoms with van der Waals surface area (Å²) in [6.45, 7) is 4.39. The third kappa shape index (κ3) is 1.88. The molecule has 2 aromatic heterocycles. The number of imidazole rings is 1. The molecule has 1 aliphatic heterocycles. The Bertz CT molecular complexity index is 488. The fourth-order valence-corrected chi connectivity index (χ4v) is 3.00. The Hall–Kier alpha value is -1.49. The Balaban J connectivity index is 2.03. The first-order valence-corrected chi connectivity index (χ1v) is 6.71. The van der Waals surface area contributed by atoms with Crippen LogP contribution in [0.1, 0.15) is 38.4 Å². The van der Waals surface area contributed by atoms with Crippen LogP contribution in [0.2, 0.25) is 0 Å². The van der Waals surface area contributed by atoms with Crippen molar-refractivity contribution in [1.29, 1.82) is 0 Å². The largest absolute Gasteiger partial charge is 0.339 e. The number of aromatic nitrogens is 4. The lowest BCUT2D eigenvalue weighted by atomic mass is 9.75. The minimum atomic E-state index is 0.195. The summed E-state index contributed by atoms with van der Waals surface area (Å²) < 4.78 is 0. The van der Waals surface area contributed by atoms with Crippen LogP contribution in [0.5, 0.6) is 0 Å². The highest BCUT2D eigenvalue weighted by molar-refractivity contribution is 5.69. The van der Waals surface area contributed by atoms with Crippen molar-refractivity contribution in [3.8, 4) is 0 Å². The van der Waals surface area contributed by atoms with Crippen molar-refractivity contribution in [2.24, 2.45) is 0 Å². The number of nitrogens with zero attached hydrogens (tertiary/aromatic N) is 3. The number of piperidine rings is 1. The maximum atomic E-state index is 4.69. The minimum absolute atomic E-state index is 0.195. The van der Waals surface area contributed by atoms with Gasteiger partial charge in [-0.1, -0.05) is 13.3 Å². The normalized spacial score (nSPS) is 19.2. The number of H-pyrrole nitrogens is 1. The van der Waals surface area contributed by atoms with Gasteiger partial charge in [0.2, 0.25) is 0 Å². The summed E-state index contributed by atoms with van der Waals surface area (Å²) in [5.41, 5.74) is 1.93. The molecule has 1 saturated heterocycles. The van der Waals surface area contributed by atoms with Gasteiger partial charge in [0.05, 0.1) is 6.20 Å². The Kier molecular flexibility index (Phi) is 2.99. The zero-order valence-corrected chi connectivity index (χ0v) is 10.7. The molecule has 2 aromatic rings. The summed E-state index contributed by atoms with van der Waals surface area (Å²) in [6, 6.07) is 0. The van der Waals surface area contributed by atoms with Crippen LogP contribution in [0.25, 0.3) is 11.2 Å². The number of rotatable bonds is 3. The van der Waals surface area contributed by atoms with E-state index >= 15 is 0 Å². The van der Waals surface area contributed by atoms with Gasteiger partial charge >= 0.3 is 0 Å². The molecule has 0 saturated carbocycles. The van der Waals surface area contributed by atoms with Crippen molar-refractivity contribution in [2.75, 3.05) is 13.1 Å². The molecule has 3 rings (SSSR count). The summed E-state index contributed by atoms with van der Waals surface area (Å²) in [7, 11) is 0. The van der Waals surface area contributed by atoms with Crippen molar-refractivity contribution in [1.82, 2.24) is 25.3 Å². The average molecular weight is 245 g/mol. The molecule has 0 radical (unpaired) electrons. The third-order valence-corrected chi connectivity index (χ3v) is 3.95. The van der Waals surface area contributed by atoms with Crippen LogP contribution in [0.15, 0.2) is 12.5 Å². The van der Waals surface area contributed by atoms with E-state index < -0.39 is 0 Å². The van der Waals surface area contributed by atoms with Gasteiger partial charge in [-0.2, -0.15) is 0 Å². The number of hydrogen-bond acceptors (Lipinski definition) is 4. The molecule has 3 heterocycles. The lowest BCUT2D eigenvalue weighted by molar-refractivity contribution is 0.273. The molecular weight excluding hydrogens is 226 g/mol. The molecule has 1 aliphatic rings. The molecule has 0 spiro atoms. The van der Waals surface area contributed by atoms with Crippen LogP contribution >= 0.6 is 0 Å². The van der Waals surface area contributed by atoms with Crippen molar-refractivity contribution in [3.05, 3.63) is 18.3 Å². The van der Waals surface area contributed by atoms with Crippen LogP contribution in [0.3, 0.4) is 0 Å². The molecule has 18 heavy (non-hydrogen) atoms. The second kappa shape index (κ2) is 4.65. The molecule has 0 aliphatic carbocycles. The third-order valence-electron chi connectivity index (χ3n) is 3.95. The van der Waals surface area contributed by atoms with E-state index in [4.69, 9.17) is 4.98 Å².